The summed E-state index contributed by atoms with van der Waals surface area (Å²) in [6.07, 6.45) is 3.33. The van der Waals surface area contributed by atoms with E-state index in [0.717, 1.165) is 20.0 Å². The molecule has 1 saturated carbocycles. The van der Waals surface area contributed by atoms with Crippen molar-refractivity contribution in [2.75, 3.05) is 17.7 Å². The van der Waals surface area contributed by atoms with Crippen molar-refractivity contribution in [2.24, 2.45) is 5.92 Å². The molecule has 0 radical (unpaired) electrons. The molecule has 2 aromatic rings. The lowest BCUT2D eigenvalue weighted by atomic mass is 10.2. The lowest BCUT2D eigenvalue weighted by Crippen LogP contribution is -2.16. The molecule has 2 amide bonds. The molecule has 0 spiro atoms. The van der Waals surface area contributed by atoms with E-state index in [1.165, 1.54) is 6.20 Å². The zero-order chi connectivity index (χ0) is 18.4. The fourth-order valence-electron chi connectivity index (χ4n) is 2.06. The van der Waals surface area contributed by atoms with E-state index in [4.69, 9.17) is 28.3 Å². The van der Waals surface area contributed by atoms with Crippen LogP contribution in [0.3, 0.4) is 0 Å². The summed E-state index contributed by atoms with van der Waals surface area (Å²) in [6.45, 7) is 0. The third kappa shape index (κ3) is 5.16. The number of aliphatic hydroxyl groups excluding tert-OH is 1. The topological polar surface area (TPSA) is 91.3 Å². The van der Waals surface area contributed by atoms with Gasteiger partial charge in [0.05, 0.1) is 15.6 Å². The Morgan fingerprint density at radius 2 is 1.76 bits per heavy atom. The molecule has 1 aliphatic rings. The summed E-state index contributed by atoms with van der Waals surface area (Å²) < 4.78 is 0. The van der Waals surface area contributed by atoms with Gasteiger partial charge in [-0.25, -0.2) is 4.98 Å². The third-order valence-electron chi connectivity index (χ3n) is 3.41. The molecule has 1 aromatic carbocycles. The largest absolute Gasteiger partial charge is 0.400 e. The molecule has 3 rings (SSSR count). The second-order valence-corrected chi connectivity index (χ2v) is 6.06. The van der Waals surface area contributed by atoms with Crippen LogP contribution in [0.25, 0.3) is 0 Å². The van der Waals surface area contributed by atoms with Gasteiger partial charge in [0.1, 0.15) is 5.82 Å². The minimum atomic E-state index is -0.425. The van der Waals surface area contributed by atoms with E-state index < -0.39 is 5.91 Å². The van der Waals surface area contributed by atoms with Gasteiger partial charge in [0.2, 0.25) is 5.91 Å². The van der Waals surface area contributed by atoms with Gasteiger partial charge in [-0.1, -0.05) is 29.3 Å². The molecular formula is C17H17Cl2N3O3. The van der Waals surface area contributed by atoms with E-state index in [9.17, 15) is 9.59 Å². The molecule has 1 fully saturated rings. The fourth-order valence-corrected chi connectivity index (χ4v) is 2.63. The third-order valence-corrected chi connectivity index (χ3v) is 4.04. The Morgan fingerprint density at radius 1 is 1.12 bits per heavy atom. The molecular weight excluding hydrogens is 365 g/mol. The van der Waals surface area contributed by atoms with Crippen LogP contribution >= 0.6 is 23.2 Å². The molecule has 1 heterocycles. The smallest absolute Gasteiger partial charge is 0.258 e. The SMILES string of the molecule is CO.O=C(Nc1ccnc(NC(=O)C2CC2)c1)c1c(Cl)cccc1Cl. The molecule has 1 aliphatic carbocycles. The highest BCUT2D eigenvalue weighted by Gasteiger charge is 2.29. The van der Waals surface area contributed by atoms with Gasteiger partial charge in [0, 0.05) is 31.0 Å². The zero-order valence-corrected chi connectivity index (χ0v) is 14.9. The number of hydrogen-bond donors (Lipinski definition) is 3. The van der Waals surface area contributed by atoms with Crippen LogP contribution in [-0.4, -0.2) is 29.0 Å². The monoisotopic (exact) mass is 381 g/mol. The standard InChI is InChI=1S/C16H13Cl2N3O2.CH4O/c17-11-2-1-3-12(18)14(11)16(23)20-10-6-7-19-13(8-10)21-15(22)9-4-5-9;1-2/h1-3,6-9H,4-5H2,(H2,19,20,21,22,23);2H,1H3. The second kappa shape index (κ2) is 8.80. The summed E-state index contributed by atoms with van der Waals surface area (Å²) in [5, 5.41) is 13.0. The Bertz CT molecular complexity index is 759. The molecule has 0 saturated heterocycles. The Hall–Kier alpha value is -2.15. The van der Waals surface area contributed by atoms with Gasteiger partial charge in [0.15, 0.2) is 0 Å². The van der Waals surface area contributed by atoms with Gasteiger partial charge in [-0.15, -0.1) is 0 Å². The number of aromatic nitrogens is 1. The molecule has 0 aliphatic heterocycles. The van der Waals surface area contributed by atoms with E-state index in [1.807, 2.05) is 0 Å². The van der Waals surface area contributed by atoms with Crippen LogP contribution in [0.4, 0.5) is 11.5 Å². The average molecular weight is 382 g/mol. The van der Waals surface area contributed by atoms with Crippen LogP contribution in [0, 0.1) is 5.92 Å². The number of amides is 2. The number of carbonyl (C=O) groups is 2. The van der Waals surface area contributed by atoms with Gasteiger partial charge in [-0.2, -0.15) is 0 Å². The van der Waals surface area contributed by atoms with Crippen molar-refractivity contribution < 1.29 is 14.7 Å². The minimum Gasteiger partial charge on any atom is -0.400 e. The number of nitrogens with one attached hydrogen (secondary N) is 2. The predicted molar refractivity (Wildman–Crippen MR) is 98.1 cm³/mol. The Kier molecular flexibility index (Phi) is 6.75. The van der Waals surface area contributed by atoms with Crippen LogP contribution in [0.1, 0.15) is 23.2 Å². The maximum absolute atomic E-state index is 12.3. The van der Waals surface area contributed by atoms with Crippen molar-refractivity contribution in [2.45, 2.75) is 12.8 Å². The van der Waals surface area contributed by atoms with Crippen LogP contribution in [-0.2, 0) is 4.79 Å². The highest BCUT2D eigenvalue weighted by Crippen LogP contribution is 2.30. The normalized spacial score (nSPS) is 12.6. The van der Waals surface area contributed by atoms with Gasteiger partial charge < -0.3 is 15.7 Å². The lowest BCUT2D eigenvalue weighted by molar-refractivity contribution is -0.117. The summed E-state index contributed by atoms with van der Waals surface area (Å²) in [5.74, 6) is 0.00308. The van der Waals surface area contributed by atoms with Gasteiger partial charge >= 0.3 is 0 Å². The first-order valence-electron chi connectivity index (χ1n) is 7.51. The zero-order valence-electron chi connectivity index (χ0n) is 13.4. The number of halogens is 2. The summed E-state index contributed by atoms with van der Waals surface area (Å²) in [7, 11) is 1.00. The van der Waals surface area contributed by atoms with Crippen molar-refractivity contribution in [3.8, 4) is 0 Å². The maximum Gasteiger partial charge on any atom is 0.258 e. The minimum absolute atomic E-state index is 0.0462. The number of carbonyl (C=O) groups excluding carboxylic acids is 2. The lowest BCUT2D eigenvalue weighted by Gasteiger charge is -2.10. The summed E-state index contributed by atoms with van der Waals surface area (Å²) >= 11 is 12.0. The highest BCUT2D eigenvalue weighted by atomic mass is 35.5. The fraction of sp³-hybridized carbons (Fsp3) is 0.235. The Balaban J connectivity index is 0.00000109. The first-order chi connectivity index (χ1) is 12.0. The van der Waals surface area contributed by atoms with E-state index in [0.29, 0.717) is 11.5 Å². The predicted octanol–water partition coefficient (Wildman–Crippen LogP) is 3.60. The van der Waals surface area contributed by atoms with Gasteiger partial charge in [0.25, 0.3) is 5.91 Å². The quantitative estimate of drug-likeness (QED) is 0.754. The van der Waals surface area contributed by atoms with E-state index in [1.54, 1.807) is 30.3 Å². The summed E-state index contributed by atoms with van der Waals surface area (Å²) in [4.78, 5) is 28.1. The van der Waals surface area contributed by atoms with Crippen LogP contribution in [0.5, 0.6) is 0 Å². The number of hydrogen-bond acceptors (Lipinski definition) is 4. The van der Waals surface area contributed by atoms with Crippen molar-refractivity contribution in [3.63, 3.8) is 0 Å². The molecule has 132 valence electrons. The number of anilines is 2. The molecule has 1 aromatic heterocycles. The number of pyridine rings is 1. The molecule has 0 bridgehead atoms. The number of nitrogens with zero attached hydrogens (tertiary/aromatic N) is 1. The second-order valence-electron chi connectivity index (χ2n) is 5.24. The molecule has 8 heteroatoms. The van der Waals surface area contributed by atoms with Crippen molar-refractivity contribution in [1.29, 1.82) is 0 Å². The van der Waals surface area contributed by atoms with Crippen molar-refractivity contribution in [3.05, 3.63) is 52.1 Å². The number of benzene rings is 1. The summed E-state index contributed by atoms with van der Waals surface area (Å²) in [5.41, 5.74) is 0.697. The Morgan fingerprint density at radius 3 is 2.36 bits per heavy atom. The number of rotatable bonds is 4. The van der Waals surface area contributed by atoms with Crippen LogP contribution in [0.15, 0.2) is 36.5 Å². The maximum atomic E-state index is 12.3. The van der Waals surface area contributed by atoms with Crippen LogP contribution < -0.4 is 10.6 Å². The van der Waals surface area contributed by atoms with Crippen LogP contribution in [0.2, 0.25) is 10.0 Å². The first kappa shape index (κ1) is 19.2. The van der Waals surface area contributed by atoms with Crippen molar-refractivity contribution in [1.82, 2.24) is 4.98 Å². The highest BCUT2D eigenvalue weighted by molar-refractivity contribution is 6.40. The molecule has 3 N–H and O–H groups in total. The molecule has 0 unspecified atom stereocenters. The average Bonchev–Trinajstić information content (AvgIpc) is 3.42. The Labute approximate surface area is 155 Å². The molecule has 25 heavy (non-hydrogen) atoms. The van der Waals surface area contributed by atoms with Crippen molar-refractivity contribution >= 4 is 46.5 Å². The molecule has 0 atom stereocenters. The summed E-state index contributed by atoms with van der Waals surface area (Å²) in [6, 6.07) is 8.06. The molecule has 6 nitrogen and oxygen atoms in total. The van der Waals surface area contributed by atoms with E-state index in [2.05, 4.69) is 15.6 Å². The van der Waals surface area contributed by atoms with Gasteiger partial charge in [-0.3, -0.25) is 9.59 Å². The first-order valence-corrected chi connectivity index (χ1v) is 8.27. The number of aliphatic hydroxyl groups is 1. The van der Waals surface area contributed by atoms with Gasteiger partial charge in [-0.05, 0) is 31.0 Å². The van der Waals surface area contributed by atoms with E-state index in [-0.39, 0.29) is 27.4 Å². The van der Waals surface area contributed by atoms with E-state index >= 15 is 0 Å².